The van der Waals surface area contributed by atoms with Gasteiger partial charge in [-0.2, -0.15) is 0 Å². The molecule has 0 saturated heterocycles. The van der Waals surface area contributed by atoms with E-state index in [-0.39, 0.29) is 17.1 Å². The van der Waals surface area contributed by atoms with Crippen LogP contribution in [0.4, 0.5) is 8.78 Å². The van der Waals surface area contributed by atoms with Crippen LogP contribution in [0.15, 0.2) is 29.2 Å². The average Bonchev–Trinajstić information content (AvgIpc) is 2.15. The molecule has 0 aliphatic rings. The van der Waals surface area contributed by atoms with Crippen LogP contribution in [-0.2, 0) is 9.84 Å². The first kappa shape index (κ1) is 11.1. The third-order valence-corrected chi connectivity index (χ3v) is 3.50. The van der Waals surface area contributed by atoms with Gasteiger partial charge in [-0.3, -0.25) is 4.39 Å². The first-order chi connectivity index (χ1) is 6.56. The monoisotopic (exact) mass is 220 g/mol. The molecule has 1 aromatic carbocycles. The Morgan fingerprint density at radius 3 is 2.57 bits per heavy atom. The predicted molar refractivity (Wildman–Crippen MR) is 49.0 cm³/mol. The predicted octanol–water partition coefficient (Wildman–Crippen LogP) is 1.96. The molecule has 0 aliphatic heterocycles. The van der Waals surface area contributed by atoms with Crippen LogP contribution in [0.25, 0.3) is 0 Å². The maximum Gasteiger partial charge on any atom is 0.178 e. The van der Waals surface area contributed by atoms with Crippen LogP contribution in [0.2, 0.25) is 0 Å². The highest BCUT2D eigenvalue weighted by Crippen LogP contribution is 2.13. The van der Waals surface area contributed by atoms with Gasteiger partial charge in [0.25, 0.3) is 0 Å². The van der Waals surface area contributed by atoms with Crippen LogP contribution in [-0.4, -0.2) is 20.8 Å². The molecule has 1 aromatic rings. The molecule has 0 fully saturated rings. The molecular formula is C9H10F2O2S. The van der Waals surface area contributed by atoms with Gasteiger partial charge in [-0.25, -0.2) is 12.8 Å². The van der Waals surface area contributed by atoms with Crippen LogP contribution in [0.1, 0.15) is 6.42 Å². The zero-order valence-corrected chi connectivity index (χ0v) is 8.23. The third kappa shape index (κ3) is 2.77. The van der Waals surface area contributed by atoms with E-state index in [1.165, 1.54) is 12.1 Å². The topological polar surface area (TPSA) is 34.1 Å². The third-order valence-electron chi connectivity index (χ3n) is 1.70. The van der Waals surface area contributed by atoms with E-state index in [1.807, 2.05) is 0 Å². The number of benzene rings is 1. The SMILES string of the molecule is O=S(=O)(CCCF)c1cccc(F)c1. The number of hydrogen-bond acceptors (Lipinski definition) is 2. The summed E-state index contributed by atoms with van der Waals surface area (Å²) in [6, 6.07) is 4.72. The lowest BCUT2D eigenvalue weighted by atomic mass is 10.4. The van der Waals surface area contributed by atoms with E-state index in [4.69, 9.17) is 0 Å². The van der Waals surface area contributed by atoms with Crippen LogP contribution in [0.3, 0.4) is 0 Å². The van der Waals surface area contributed by atoms with Crippen molar-refractivity contribution >= 4 is 9.84 Å². The lowest BCUT2D eigenvalue weighted by Crippen LogP contribution is -2.07. The molecule has 0 aromatic heterocycles. The Kier molecular flexibility index (Phi) is 3.57. The molecule has 0 unspecified atom stereocenters. The van der Waals surface area contributed by atoms with Crippen molar-refractivity contribution < 1.29 is 17.2 Å². The highest BCUT2D eigenvalue weighted by molar-refractivity contribution is 7.91. The molecule has 78 valence electrons. The van der Waals surface area contributed by atoms with E-state index in [1.54, 1.807) is 0 Å². The molecule has 5 heteroatoms. The van der Waals surface area contributed by atoms with E-state index >= 15 is 0 Å². The number of rotatable bonds is 4. The summed E-state index contributed by atoms with van der Waals surface area (Å²) in [5.41, 5.74) is 0. The largest absolute Gasteiger partial charge is 0.251 e. The van der Waals surface area contributed by atoms with Crippen LogP contribution < -0.4 is 0 Å². The normalized spacial score (nSPS) is 11.6. The van der Waals surface area contributed by atoms with E-state index in [0.29, 0.717) is 0 Å². The van der Waals surface area contributed by atoms with Crippen molar-refractivity contribution in [2.45, 2.75) is 11.3 Å². The summed E-state index contributed by atoms with van der Waals surface area (Å²) in [5, 5.41) is 0. The van der Waals surface area contributed by atoms with Gasteiger partial charge >= 0.3 is 0 Å². The van der Waals surface area contributed by atoms with E-state index in [2.05, 4.69) is 0 Å². The Morgan fingerprint density at radius 1 is 1.29 bits per heavy atom. The van der Waals surface area contributed by atoms with E-state index in [9.17, 15) is 17.2 Å². The number of hydrogen-bond donors (Lipinski definition) is 0. The van der Waals surface area contributed by atoms with Gasteiger partial charge in [0.15, 0.2) is 9.84 Å². The van der Waals surface area contributed by atoms with Gasteiger partial charge < -0.3 is 0 Å². The van der Waals surface area contributed by atoms with E-state index < -0.39 is 22.3 Å². The maximum absolute atomic E-state index is 12.7. The Bertz CT molecular complexity index is 401. The van der Waals surface area contributed by atoms with Gasteiger partial charge in [-0.05, 0) is 24.6 Å². The van der Waals surface area contributed by atoms with Gasteiger partial charge in [-0.1, -0.05) is 6.07 Å². The fraction of sp³-hybridized carbons (Fsp3) is 0.333. The zero-order chi connectivity index (χ0) is 10.6. The van der Waals surface area contributed by atoms with Crippen molar-refractivity contribution in [3.8, 4) is 0 Å². The first-order valence-corrected chi connectivity index (χ1v) is 5.76. The van der Waals surface area contributed by atoms with Crippen molar-refractivity contribution in [3.05, 3.63) is 30.1 Å². The van der Waals surface area contributed by atoms with Crippen LogP contribution >= 0.6 is 0 Å². The van der Waals surface area contributed by atoms with Crippen molar-refractivity contribution in [1.82, 2.24) is 0 Å². The second-order valence-corrected chi connectivity index (χ2v) is 4.93. The number of alkyl halides is 1. The van der Waals surface area contributed by atoms with Gasteiger partial charge in [0.05, 0.1) is 17.3 Å². The van der Waals surface area contributed by atoms with Crippen molar-refractivity contribution in [2.75, 3.05) is 12.4 Å². The smallest absolute Gasteiger partial charge is 0.178 e. The molecule has 0 amide bonds. The molecule has 0 radical (unpaired) electrons. The second kappa shape index (κ2) is 4.50. The minimum absolute atomic E-state index is 0.0567. The fourth-order valence-corrected chi connectivity index (χ4v) is 2.33. The summed E-state index contributed by atoms with van der Waals surface area (Å²) in [5.74, 6) is -0.890. The summed E-state index contributed by atoms with van der Waals surface area (Å²) >= 11 is 0. The first-order valence-electron chi connectivity index (χ1n) is 4.10. The molecule has 0 heterocycles. The minimum Gasteiger partial charge on any atom is -0.251 e. The average molecular weight is 220 g/mol. The molecule has 1 rings (SSSR count). The quantitative estimate of drug-likeness (QED) is 0.777. The molecule has 0 spiro atoms. The highest BCUT2D eigenvalue weighted by Gasteiger charge is 2.14. The van der Waals surface area contributed by atoms with Crippen LogP contribution in [0, 0.1) is 5.82 Å². The van der Waals surface area contributed by atoms with E-state index in [0.717, 1.165) is 12.1 Å². The molecule has 0 atom stereocenters. The van der Waals surface area contributed by atoms with Crippen molar-refractivity contribution in [1.29, 1.82) is 0 Å². The Hall–Kier alpha value is -0.970. The second-order valence-electron chi connectivity index (χ2n) is 2.82. The Morgan fingerprint density at radius 2 is 2.00 bits per heavy atom. The molecule has 0 N–H and O–H groups in total. The molecular weight excluding hydrogens is 210 g/mol. The standard InChI is InChI=1S/C9H10F2O2S/c10-5-2-6-14(12,13)9-4-1-3-8(11)7-9/h1,3-4,7H,2,5-6H2. The van der Waals surface area contributed by atoms with Crippen molar-refractivity contribution in [2.24, 2.45) is 0 Å². The summed E-state index contributed by atoms with van der Waals surface area (Å²) < 4.78 is 47.3. The van der Waals surface area contributed by atoms with Gasteiger partial charge in [0.1, 0.15) is 5.82 Å². The number of halogens is 2. The lowest BCUT2D eigenvalue weighted by molar-refractivity contribution is 0.484. The highest BCUT2D eigenvalue weighted by atomic mass is 32.2. The van der Waals surface area contributed by atoms with Gasteiger partial charge in [-0.15, -0.1) is 0 Å². The Balaban J connectivity index is 2.93. The molecule has 0 saturated carbocycles. The minimum atomic E-state index is -3.52. The zero-order valence-electron chi connectivity index (χ0n) is 7.41. The summed E-state index contributed by atoms with van der Waals surface area (Å²) in [4.78, 5) is -0.0917. The van der Waals surface area contributed by atoms with Gasteiger partial charge in [0, 0.05) is 0 Å². The molecule has 14 heavy (non-hydrogen) atoms. The fourth-order valence-electron chi connectivity index (χ4n) is 1.02. The summed E-state index contributed by atoms with van der Waals surface area (Å²) in [6.07, 6.45) is -0.0567. The van der Waals surface area contributed by atoms with Crippen LogP contribution in [0.5, 0.6) is 0 Å². The Labute approximate surface area is 81.5 Å². The lowest BCUT2D eigenvalue weighted by Gasteiger charge is -2.02. The summed E-state index contributed by atoms with van der Waals surface area (Å²) in [6.45, 7) is -0.686. The number of sulfone groups is 1. The molecule has 0 aliphatic carbocycles. The summed E-state index contributed by atoms with van der Waals surface area (Å²) in [7, 11) is -3.52. The maximum atomic E-state index is 12.7. The molecule has 2 nitrogen and oxygen atoms in total. The van der Waals surface area contributed by atoms with Gasteiger partial charge in [0.2, 0.25) is 0 Å². The van der Waals surface area contributed by atoms with Crippen molar-refractivity contribution in [3.63, 3.8) is 0 Å². The molecule has 0 bridgehead atoms.